The van der Waals surface area contributed by atoms with Crippen LogP contribution in [0, 0.1) is 18.7 Å². The summed E-state index contributed by atoms with van der Waals surface area (Å²) in [4.78, 5) is 16.7. The second-order valence-corrected chi connectivity index (χ2v) is 6.86. The van der Waals surface area contributed by atoms with Crippen molar-refractivity contribution in [3.05, 3.63) is 65.2 Å². The van der Waals surface area contributed by atoms with Crippen LogP contribution in [0.5, 0.6) is 0 Å². The summed E-state index contributed by atoms with van der Waals surface area (Å²) in [5, 5.41) is 3.17. The molecule has 1 N–H and O–H groups in total. The van der Waals surface area contributed by atoms with Crippen molar-refractivity contribution in [1.82, 2.24) is 10.3 Å². The summed E-state index contributed by atoms with van der Waals surface area (Å²) in [6.45, 7) is 3.18. The van der Waals surface area contributed by atoms with Crippen LogP contribution in [0.15, 0.2) is 42.7 Å². The average molecular weight is 356 g/mol. The molecule has 1 aliphatic rings. The number of aromatic nitrogens is 1. The molecule has 0 aliphatic carbocycles. The zero-order valence-corrected chi connectivity index (χ0v) is 15.1. The van der Waals surface area contributed by atoms with Crippen LogP contribution in [0.25, 0.3) is 0 Å². The lowest BCUT2D eigenvalue weighted by Crippen LogP contribution is -2.36. The van der Waals surface area contributed by atoms with Gasteiger partial charge in [0.25, 0.3) is 0 Å². The Morgan fingerprint density at radius 2 is 2.15 bits per heavy atom. The monoisotopic (exact) mass is 356 g/mol. The zero-order chi connectivity index (χ0) is 18.4. The Labute approximate surface area is 153 Å². The molecule has 5 heteroatoms. The number of benzene rings is 1. The van der Waals surface area contributed by atoms with Crippen LogP contribution in [0.2, 0.25) is 0 Å². The van der Waals surface area contributed by atoms with E-state index in [1.165, 1.54) is 6.07 Å². The molecule has 26 heavy (non-hydrogen) atoms. The number of hydrogen-bond acceptors (Lipinski definition) is 3. The number of ether oxygens (including phenoxy) is 1. The maximum absolute atomic E-state index is 13.7. The van der Waals surface area contributed by atoms with E-state index >= 15 is 0 Å². The van der Waals surface area contributed by atoms with E-state index in [1.807, 2.05) is 24.4 Å². The van der Waals surface area contributed by atoms with Gasteiger partial charge in [0, 0.05) is 32.0 Å². The minimum Gasteiger partial charge on any atom is -0.381 e. The van der Waals surface area contributed by atoms with Crippen LogP contribution in [-0.4, -0.2) is 24.1 Å². The van der Waals surface area contributed by atoms with Gasteiger partial charge in [-0.15, -0.1) is 0 Å². The molecule has 0 radical (unpaired) electrons. The normalized spacial score (nSPS) is 16.2. The second-order valence-electron chi connectivity index (χ2n) is 6.86. The van der Waals surface area contributed by atoms with Gasteiger partial charge >= 0.3 is 0 Å². The van der Waals surface area contributed by atoms with Crippen molar-refractivity contribution < 1.29 is 13.9 Å². The number of hydrogen-bond donors (Lipinski definition) is 1. The third kappa shape index (κ3) is 4.88. The van der Waals surface area contributed by atoms with E-state index in [0.717, 1.165) is 37.2 Å². The molecule has 4 nitrogen and oxygen atoms in total. The molecule has 0 spiro atoms. The first-order valence-corrected chi connectivity index (χ1v) is 9.15. The summed E-state index contributed by atoms with van der Waals surface area (Å²) in [6, 6.07) is 8.98. The second kappa shape index (κ2) is 8.90. The summed E-state index contributed by atoms with van der Waals surface area (Å²) < 4.78 is 19.1. The number of nitrogens with one attached hydrogen (secondary N) is 1. The first-order valence-electron chi connectivity index (χ1n) is 9.15. The molecule has 1 amide bonds. The molecule has 138 valence electrons. The highest BCUT2D eigenvalue weighted by Gasteiger charge is 2.27. The summed E-state index contributed by atoms with van der Waals surface area (Å²) in [7, 11) is 0. The Morgan fingerprint density at radius 3 is 2.85 bits per heavy atom. The predicted octanol–water partition coefficient (Wildman–Crippen LogP) is 3.75. The highest BCUT2D eigenvalue weighted by atomic mass is 19.1. The van der Waals surface area contributed by atoms with Crippen LogP contribution in [0.4, 0.5) is 4.39 Å². The van der Waals surface area contributed by atoms with Gasteiger partial charge in [0.1, 0.15) is 5.82 Å². The average Bonchev–Trinajstić information content (AvgIpc) is 2.68. The zero-order valence-electron chi connectivity index (χ0n) is 15.1. The Morgan fingerprint density at radius 1 is 1.35 bits per heavy atom. The maximum Gasteiger partial charge on any atom is 0.220 e. The van der Waals surface area contributed by atoms with Crippen LogP contribution in [0.1, 0.15) is 42.0 Å². The fraction of sp³-hybridized carbons (Fsp3) is 0.429. The summed E-state index contributed by atoms with van der Waals surface area (Å²) in [5.41, 5.74) is 2.48. The molecule has 1 atom stereocenters. The molecule has 3 rings (SSSR count). The molecule has 0 saturated carbocycles. The molecule has 1 aromatic carbocycles. The minimum absolute atomic E-state index is 0.0219. The first kappa shape index (κ1) is 18.5. The number of carbonyl (C=O) groups excluding carboxylic acids is 1. The maximum atomic E-state index is 13.7. The lowest BCUT2D eigenvalue weighted by molar-refractivity contribution is -0.122. The number of pyridine rings is 1. The largest absolute Gasteiger partial charge is 0.381 e. The Balaban J connectivity index is 1.63. The number of rotatable bonds is 6. The summed E-state index contributed by atoms with van der Waals surface area (Å²) in [5.74, 6) is 0.0957. The summed E-state index contributed by atoms with van der Waals surface area (Å²) in [6.07, 6.45) is 6.25. The van der Waals surface area contributed by atoms with Gasteiger partial charge in [-0.2, -0.15) is 0 Å². The van der Waals surface area contributed by atoms with Crippen molar-refractivity contribution in [2.24, 2.45) is 5.92 Å². The molecule has 0 unspecified atom stereocenters. The van der Waals surface area contributed by atoms with Crippen LogP contribution in [-0.2, 0) is 16.0 Å². The first-order chi connectivity index (χ1) is 12.6. The fourth-order valence-electron chi connectivity index (χ4n) is 3.38. The summed E-state index contributed by atoms with van der Waals surface area (Å²) >= 11 is 0. The standard InChI is InChI=1S/C21H25FN2O2/c1-15-4-5-16(13-19(15)22)6-7-20(25)24-21(17-8-11-26-12-9-17)18-3-2-10-23-14-18/h2-5,10,13-14,17,21H,6-9,11-12H2,1H3,(H,24,25)/t21-/m1/s1. The lowest BCUT2D eigenvalue weighted by Gasteiger charge is -2.31. The van der Waals surface area contributed by atoms with Gasteiger partial charge < -0.3 is 10.1 Å². The van der Waals surface area contributed by atoms with E-state index < -0.39 is 0 Å². The van der Waals surface area contributed by atoms with Crippen molar-refractivity contribution >= 4 is 5.91 Å². The topological polar surface area (TPSA) is 51.2 Å². The number of nitrogens with zero attached hydrogens (tertiary/aromatic N) is 1. The molecule has 1 aromatic heterocycles. The molecule has 2 aromatic rings. The number of halogens is 1. The van der Waals surface area contributed by atoms with Crippen molar-refractivity contribution in [1.29, 1.82) is 0 Å². The van der Waals surface area contributed by atoms with Crippen LogP contribution < -0.4 is 5.32 Å². The molecule has 1 saturated heterocycles. The SMILES string of the molecule is Cc1ccc(CCC(=O)N[C@@H](c2cccnc2)C2CCOCC2)cc1F. The van der Waals surface area contributed by atoms with E-state index in [0.29, 0.717) is 24.3 Å². The van der Waals surface area contributed by atoms with Crippen LogP contribution >= 0.6 is 0 Å². The van der Waals surface area contributed by atoms with Crippen molar-refractivity contribution in [2.75, 3.05) is 13.2 Å². The van der Waals surface area contributed by atoms with Crippen molar-refractivity contribution in [3.8, 4) is 0 Å². The Hall–Kier alpha value is -2.27. The highest BCUT2D eigenvalue weighted by Crippen LogP contribution is 2.29. The van der Waals surface area contributed by atoms with Gasteiger partial charge in [-0.3, -0.25) is 9.78 Å². The van der Waals surface area contributed by atoms with E-state index in [-0.39, 0.29) is 17.8 Å². The highest BCUT2D eigenvalue weighted by molar-refractivity contribution is 5.76. The number of aryl methyl sites for hydroxylation is 2. The molecular weight excluding hydrogens is 331 g/mol. The number of carbonyl (C=O) groups is 1. The molecular formula is C21H25FN2O2. The van der Waals surface area contributed by atoms with Gasteiger partial charge in [0.05, 0.1) is 6.04 Å². The predicted molar refractivity (Wildman–Crippen MR) is 98.1 cm³/mol. The van der Waals surface area contributed by atoms with E-state index in [9.17, 15) is 9.18 Å². The third-order valence-corrected chi connectivity index (χ3v) is 4.97. The van der Waals surface area contributed by atoms with Crippen molar-refractivity contribution in [3.63, 3.8) is 0 Å². The third-order valence-electron chi connectivity index (χ3n) is 4.97. The molecule has 1 aliphatic heterocycles. The Kier molecular flexibility index (Phi) is 6.34. The molecule has 2 heterocycles. The van der Waals surface area contributed by atoms with E-state index in [2.05, 4.69) is 10.3 Å². The molecule has 0 bridgehead atoms. The fourth-order valence-corrected chi connectivity index (χ4v) is 3.38. The van der Waals surface area contributed by atoms with Gasteiger partial charge in [0.2, 0.25) is 5.91 Å². The number of amides is 1. The van der Waals surface area contributed by atoms with Crippen molar-refractivity contribution in [2.45, 2.75) is 38.6 Å². The minimum atomic E-state index is -0.224. The lowest BCUT2D eigenvalue weighted by atomic mass is 9.87. The molecule has 1 fully saturated rings. The quantitative estimate of drug-likeness (QED) is 0.858. The van der Waals surface area contributed by atoms with Gasteiger partial charge in [-0.1, -0.05) is 18.2 Å². The van der Waals surface area contributed by atoms with E-state index in [4.69, 9.17) is 4.74 Å². The van der Waals surface area contributed by atoms with Gasteiger partial charge in [-0.05, 0) is 60.9 Å². The Bertz CT molecular complexity index is 730. The van der Waals surface area contributed by atoms with Gasteiger partial charge in [0.15, 0.2) is 0 Å². The van der Waals surface area contributed by atoms with E-state index in [1.54, 1.807) is 19.2 Å². The van der Waals surface area contributed by atoms with Gasteiger partial charge in [-0.25, -0.2) is 4.39 Å². The smallest absolute Gasteiger partial charge is 0.220 e. The van der Waals surface area contributed by atoms with Crippen LogP contribution in [0.3, 0.4) is 0 Å².